The number of thioether (sulfide) groups is 1. The minimum Gasteiger partial charge on any atom is -0.465 e. The zero-order valence-electron chi connectivity index (χ0n) is 8.03. The van der Waals surface area contributed by atoms with Crippen LogP contribution in [0.2, 0.25) is 0 Å². The van der Waals surface area contributed by atoms with E-state index >= 15 is 0 Å². The van der Waals surface area contributed by atoms with Crippen LogP contribution in [-0.2, 0) is 0 Å². The van der Waals surface area contributed by atoms with Gasteiger partial charge in [-0.05, 0) is 30.3 Å². The number of hydrogen-bond donors (Lipinski definition) is 1. The van der Waals surface area contributed by atoms with Gasteiger partial charge in [-0.25, -0.2) is 4.79 Å². The molecule has 0 aromatic rings. The van der Waals surface area contributed by atoms with Gasteiger partial charge in [0.2, 0.25) is 0 Å². The van der Waals surface area contributed by atoms with Crippen LogP contribution in [0.3, 0.4) is 0 Å². The Labute approximate surface area is 83.5 Å². The summed E-state index contributed by atoms with van der Waals surface area (Å²) in [5.41, 5.74) is 0. The highest BCUT2D eigenvalue weighted by molar-refractivity contribution is 7.99. The van der Waals surface area contributed by atoms with Gasteiger partial charge in [0.15, 0.2) is 0 Å². The number of carbonyl (C=O) groups is 1. The zero-order chi connectivity index (χ0) is 9.68. The van der Waals surface area contributed by atoms with E-state index in [1.54, 1.807) is 4.90 Å². The van der Waals surface area contributed by atoms with Gasteiger partial charge in [-0.1, -0.05) is 6.92 Å². The lowest BCUT2D eigenvalue weighted by molar-refractivity contribution is 0.124. The average molecular weight is 203 g/mol. The second kappa shape index (κ2) is 5.37. The van der Waals surface area contributed by atoms with E-state index in [4.69, 9.17) is 5.11 Å². The lowest BCUT2D eigenvalue weighted by Gasteiger charge is -2.30. The lowest BCUT2D eigenvalue weighted by atomic mass is 10.0. The van der Waals surface area contributed by atoms with Gasteiger partial charge in [0.25, 0.3) is 0 Å². The summed E-state index contributed by atoms with van der Waals surface area (Å²) < 4.78 is 0. The van der Waals surface area contributed by atoms with Crippen molar-refractivity contribution in [2.45, 2.75) is 19.8 Å². The fourth-order valence-electron chi connectivity index (χ4n) is 1.66. The first kappa shape index (κ1) is 10.7. The van der Waals surface area contributed by atoms with E-state index in [-0.39, 0.29) is 0 Å². The monoisotopic (exact) mass is 203 g/mol. The summed E-state index contributed by atoms with van der Waals surface area (Å²) in [6.07, 6.45) is 1.46. The first-order valence-corrected chi connectivity index (χ1v) is 5.95. The van der Waals surface area contributed by atoms with Crippen LogP contribution in [0.4, 0.5) is 4.79 Å². The second-order valence-electron chi connectivity index (χ2n) is 3.40. The maximum Gasteiger partial charge on any atom is 0.407 e. The van der Waals surface area contributed by atoms with Crippen molar-refractivity contribution in [2.24, 2.45) is 5.92 Å². The molecule has 0 unspecified atom stereocenters. The largest absolute Gasteiger partial charge is 0.465 e. The molecule has 1 heterocycles. The molecule has 0 aliphatic carbocycles. The molecule has 0 spiro atoms. The summed E-state index contributed by atoms with van der Waals surface area (Å²) >= 11 is 1.91. The van der Waals surface area contributed by atoms with Crippen LogP contribution < -0.4 is 0 Å². The second-order valence-corrected chi connectivity index (χ2v) is 4.72. The molecule has 0 saturated carbocycles. The molecule has 0 radical (unpaired) electrons. The maximum absolute atomic E-state index is 10.7. The molecule has 1 fully saturated rings. The molecule has 1 saturated heterocycles. The predicted molar refractivity (Wildman–Crippen MR) is 55.3 cm³/mol. The van der Waals surface area contributed by atoms with Crippen LogP contribution >= 0.6 is 11.8 Å². The number of nitrogens with zero attached hydrogens (tertiary/aromatic N) is 1. The number of rotatable bonds is 3. The third-order valence-electron chi connectivity index (χ3n) is 2.35. The van der Waals surface area contributed by atoms with Crippen LogP contribution in [0.5, 0.6) is 0 Å². The molecule has 1 rings (SSSR count). The smallest absolute Gasteiger partial charge is 0.407 e. The standard InChI is InChI=1S/C9H17NO2S/c1-2-13-7-8-4-3-5-10(6-8)9(11)12/h8H,2-7H2,1H3,(H,11,12)/t8-/m0/s1. The van der Waals surface area contributed by atoms with E-state index in [9.17, 15) is 4.79 Å². The Morgan fingerprint density at radius 3 is 3.08 bits per heavy atom. The molecule has 1 N–H and O–H groups in total. The van der Waals surface area contributed by atoms with Gasteiger partial charge in [-0.15, -0.1) is 0 Å². The van der Waals surface area contributed by atoms with Crippen LogP contribution in [0.25, 0.3) is 0 Å². The number of likely N-dealkylation sites (tertiary alicyclic amines) is 1. The summed E-state index contributed by atoms with van der Waals surface area (Å²) in [6, 6.07) is 0. The molecule has 1 aliphatic heterocycles. The summed E-state index contributed by atoms with van der Waals surface area (Å²) in [6.45, 7) is 3.60. The Morgan fingerprint density at radius 2 is 2.46 bits per heavy atom. The molecule has 0 aromatic carbocycles. The van der Waals surface area contributed by atoms with Crippen LogP contribution in [0, 0.1) is 5.92 Å². The quantitative estimate of drug-likeness (QED) is 0.764. The Kier molecular flexibility index (Phi) is 4.42. The topological polar surface area (TPSA) is 40.5 Å². The van der Waals surface area contributed by atoms with Crippen LogP contribution in [0.15, 0.2) is 0 Å². The normalized spacial score (nSPS) is 23.2. The maximum atomic E-state index is 10.7. The van der Waals surface area contributed by atoms with E-state index < -0.39 is 6.09 Å². The van der Waals surface area contributed by atoms with Crippen LogP contribution in [0.1, 0.15) is 19.8 Å². The first-order chi connectivity index (χ1) is 6.24. The Hall–Kier alpha value is -0.380. The van der Waals surface area contributed by atoms with Crippen molar-refractivity contribution >= 4 is 17.9 Å². The lowest BCUT2D eigenvalue weighted by Crippen LogP contribution is -2.39. The Bertz CT molecular complexity index is 175. The average Bonchev–Trinajstić information content (AvgIpc) is 2.15. The molecule has 4 heteroatoms. The third kappa shape index (κ3) is 3.46. The third-order valence-corrected chi connectivity index (χ3v) is 3.46. The van der Waals surface area contributed by atoms with Crippen molar-refractivity contribution in [3.8, 4) is 0 Å². The molecular formula is C9H17NO2S. The molecule has 1 atom stereocenters. The molecular weight excluding hydrogens is 186 g/mol. The van der Waals surface area contributed by atoms with E-state index in [0.717, 1.165) is 31.0 Å². The highest BCUT2D eigenvalue weighted by Gasteiger charge is 2.22. The van der Waals surface area contributed by atoms with E-state index in [1.165, 1.54) is 6.42 Å². The molecule has 76 valence electrons. The van der Waals surface area contributed by atoms with E-state index in [1.807, 2.05) is 11.8 Å². The summed E-state index contributed by atoms with van der Waals surface area (Å²) in [5.74, 6) is 2.82. The number of piperidine rings is 1. The minimum atomic E-state index is -0.758. The van der Waals surface area contributed by atoms with Gasteiger partial charge in [-0.2, -0.15) is 11.8 Å². The van der Waals surface area contributed by atoms with Crippen molar-refractivity contribution in [2.75, 3.05) is 24.6 Å². The Balaban J connectivity index is 2.29. The van der Waals surface area contributed by atoms with E-state index in [0.29, 0.717) is 5.92 Å². The van der Waals surface area contributed by atoms with Crippen LogP contribution in [-0.4, -0.2) is 40.7 Å². The minimum absolute atomic E-state index is 0.579. The van der Waals surface area contributed by atoms with Crippen molar-refractivity contribution in [3.05, 3.63) is 0 Å². The van der Waals surface area contributed by atoms with Gasteiger partial charge in [-0.3, -0.25) is 0 Å². The highest BCUT2D eigenvalue weighted by atomic mass is 32.2. The molecule has 13 heavy (non-hydrogen) atoms. The summed E-state index contributed by atoms with van der Waals surface area (Å²) in [4.78, 5) is 12.2. The molecule has 1 amide bonds. The van der Waals surface area contributed by atoms with Gasteiger partial charge >= 0.3 is 6.09 Å². The van der Waals surface area contributed by atoms with Gasteiger partial charge in [0.1, 0.15) is 0 Å². The zero-order valence-corrected chi connectivity index (χ0v) is 8.85. The van der Waals surface area contributed by atoms with Crippen molar-refractivity contribution in [3.63, 3.8) is 0 Å². The number of hydrogen-bond acceptors (Lipinski definition) is 2. The Morgan fingerprint density at radius 1 is 1.69 bits per heavy atom. The van der Waals surface area contributed by atoms with Gasteiger partial charge in [0, 0.05) is 13.1 Å². The fraction of sp³-hybridized carbons (Fsp3) is 0.889. The van der Waals surface area contributed by atoms with Crippen molar-refractivity contribution in [1.29, 1.82) is 0 Å². The number of carboxylic acid groups (broad SMARTS) is 1. The molecule has 1 aliphatic rings. The van der Waals surface area contributed by atoms with Crippen molar-refractivity contribution < 1.29 is 9.90 Å². The predicted octanol–water partition coefficient (Wildman–Crippen LogP) is 2.13. The summed E-state index contributed by atoms with van der Waals surface area (Å²) in [5, 5.41) is 8.80. The first-order valence-electron chi connectivity index (χ1n) is 4.79. The van der Waals surface area contributed by atoms with E-state index in [2.05, 4.69) is 6.92 Å². The molecule has 0 aromatic heterocycles. The summed E-state index contributed by atoms with van der Waals surface area (Å²) in [7, 11) is 0. The van der Waals surface area contributed by atoms with Gasteiger partial charge in [0.05, 0.1) is 0 Å². The SMILES string of the molecule is CCSC[C@H]1CCCN(C(=O)O)C1. The number of amides is 1. The highest BCUT2D eigenvalue weighted by Crippen LogP contribution is 2.20. The van der Waals surface area contributed by atoms with Crippen molar-refractivity contribution in [1.82, 2.24) is 4.90 Å². The molecule has 3 nitrogen and oxygen atoms in total. The fourth-order valence-corrected chi connectivity index (χ4v) is 2.50. The van der Waals surface area contributed by atoms with Gasteiger partial charge < -0.3 is 10.0 Å². The molecule has 0 bridgehead atoms.